The zero-order chi connectivity index (χ0) is 50.7. The Morgan fingerprint density at radius 3 is 2.00 bits per heavy atom. The number of hydrogen-bond acceptors (Lipinski definition) is 8. The Kier molecular flexibility index (Phi) is 17.3. The molecule has 1 saturated heterocycles. The lowest BCUT2D eigenvalue weighted by molar-refractivity contribution is 0.0697. The smallest absolute Gasteiger partial charge is 0.336 e. The largest absolute Gasteiger partial charge is 0.508 e. The van der Waals surface area contributed by atoms with Crippen molar-refractivity contribution in [2.24, 2.45) is 23.7 Å². The molecule has 2 bridgehead atoms. The van der Waals surface area contributed by atoms with Crippen LogP contribution in [0.1, 0.15) is 148 Å². The number of carboxylic acid groups (broad SMARTS) is 1. The molecule has 384 valence electrons. The van der Waals surface area contributed by atoms with E-state index in [1.807, 2.05) is 0 Å². The van der Waals surface area contributed by atoms with Crippen molar-refractivity contribution in [3.63, 3.8) is 0 Å². The van der Waals surface area contributed by atoms with Gasteiger partial charge in [-0.25, -0.2) is 4.79 Å². The lowest BCUT2D eigenvalue weighted by Gasteiger charge is -2.44. The number of fused-ring (bicyclic) bond motifs is 4. The Morgan fingerprint density at radius 1 is 0.671 bits per heavy atom. The molecule has 0 spiro atoms. The average molecular weight is 987 g/mol. The number of rotatable bonds is 21. The van der Waals surface area contributed by atoms with Gasteiger partial charge in [-0.1, -0.05) is 88.3 Å². The molecule has 9 rings (SSSR count). The predicted molar refractivity (Wildman–Crippen MR) is 291 cm³/mol. The first kappa shape index (κ1) is 51.5. The molecule has 4 aromatic rings. The Labute approximate surface area is 431 Å². The summed E-state index contributed by atoms with van der Waals surface area (Å²) in [5.74, 6) is 3.20. The van der Waals surface area contributed by atoms with Crippen molar-refractivity contribution < 1.29 is 33.7 Å². The molecule has 3 fully saturated rings. The van der Waals surface area contributed by atoms with Crippen molar-refractivity contribution in [2.45, 2.75) is 117 Å². The van der Waals surface area contributed by atoms with Crippen molar-refractivity contribution >= 4 is 28.4 Å². The average Bonchev–Trinajstić information content (AvgIpc) is 3.66. The molecule has 10 heteroatoms. The summed E-state index contributed by atoms with van der Waals surface area (Å²) in [4.78, 5) is 40.8. The summed E-state index contributed by atoms with van der Waals surface area (Å²) < 4.78 is 18.5. The van der Waals surface area contributed by atoms with Crippen molar-refractivity contribution in [2.75, 3.05) is 39.4 Å². The first-order valence-corrected chi connectivity index (χ1v) is 27.4. The molecule has 4 unspecified atom stereocenters. The number of likely N-dealkylation sites (tertiary alicyclic amines) is 1. The van der Waals surface area contributed by atoms with E-state index in [1.165, 1.54) is 137 Å². The quantitative estimate of drug-likeness (QED) is 0.0475. The fourth-order valence-corrected chi connectivity index (χ4v) is 12.3. The highest BCUT2D eigenvalue weighted by Crippen LogP contribution is 2.51. The van der Waals surface area contributed by atoms with Crippen LogP contribution in [0.5, 0.6) is 17.2 Å². The van der Waals surface area contributed by atoms with Gasteiger partial charge in [0.25, 0.3) is 5.91 Å². The van der Waals surface area contributed by atoms with E-state index in [0.29, 0.717) is 52.6 Å². The minimum atomic E-state index is -1.20. The summed E-state index contributed by atoms with van der Waals surface area (Å²) in [5, 5.41) is 24.0. The van der Waals surface area contributed by atoms with E-state index in [1.54, 1.807) is 29.8 Å². The molecule has 3 aliphatic carbocycles. The molecular formula is C63H74N2O8. The van der Waals surface area contributed by atoms with Crippen molar-refractivity contribution in [1.29, 1.82) is 0 Å². The van der Waals surface area contributed by atoms with Gasteiger partial charge in [0.1, 0.15) is 28.6 Å². The molecule has 2 saturated carbocycles. The SMILES string of the molecule is CC1CC2CC(C)/C(=C(/c3ccc(OCCCCCCNC(=O)c4ccc(-c5c6ccc(=O)cc-6oc6cc(O)ccc56)c(C(=O)O)c4)cc3)c3ccc(OCCCCCCN4CCCCCC4)cc3)C(C1)C2. The number of aromatic carboxylic acids is 1. The third-order valence-corrected chi connectivity index (χ3v) is 15.7. The maximum atomic E-state index is 13.3. The van der Waals surface area contributed by atoms with E-state index in [9.17, 15) is 24.6 Å². The third-order valence-electron chi connectivity index (χ3n) is 15.7. The number of aromatic hydroxyl groups is 1. The molecule has 4 aromatic carbocycles. The second-order valence-electron chi connectivity index (χ2n) is 21.3. The number of amides is 1. The summed E-state index contributed by atoms with van der Waals surface area (Å²) in [5.41, 5.74) is 7.14. The van der Waals surface area contributed by atoms with Crippen LogP contribution in [0.15, 0.2) is 118 Å². The molecule has 4 atom stereocenters. The monoisotopic (exact) mass is 987 g/mol. The number of carboxylic acids is 1. The summed E-state index contributed by atoms with van der Waals surface area (Å²) in [7, 11) is 0. The van der Waals surface area contributed by atoms with E-state index < -0.39 is 5.97 Å². The first-order valence-electron chi connectivity index (χ1n) is 27.4. The van der Waals surface area contributed by atoms with Crippen LogP contribution < -0.4 is 20.2 Å². The van der Waals surface area contributed by atoms with Crippen molar-refractivity contribution in [3.8, 4) is 39.7 Å². The van der Waals surface area contributed by atoms with Gasteiger partial charge in [0, 0.05) is 40.8 Å². The third kappa shape index (κ3) is 13.1. The fraction of sp³-hybridized carbons (Fsp3) is 0.444. The number of unbranched alkanes of at least 4 members (excludes halogenated alkanes) is 6. The summed E-state index contributed by atoms with van der Waals surface area (Å²) in [6, 6.07) is 31.1. The van der Waals surface area contributed by atoms with E-state index in [0.717, 1.165) is 62.0 Å². The number of hydrogen-bond donors (Lipinski definition) is 3. The van der Waals surface area contributed by atoms with Gasteiger partial charge in [0.05, 0.1) is 18.8 Å². The summed E-state index contributed by atoms with van der Waals surface area (Å²) >= 11 is 0. The van der Waals surface area contributed by atoms with Crippen LogP contribution in [0.4, 0.5) is 0 Å². The van der Waals surface area contributed by atoms with Crippen LogP contribution in [-0.4, -0.2) is 66.4 Å². The number of carbonyl (C=O) groups excluding carboxylic acids is 1. The lowest BCUT2D eigenvalue weighted by Crippen LogP contribution is -2.32. The number of phenolic OH excluding ortho intramolecular Hbond substituents is 1. The van der Waals surface area contributed by atoms with Gasteiger partial charge >= 0.3 is 5.97 Å². The highest BCUT2D eigenvalue weighted by Gasteiger charge is 2.38. The van der Waals surface area contributed by atoms with Gasteiger partial charge < -0.3 is 34.3 Å². The van der Waals surface area contributed by atoms with Gasteiger partial charge in [-0.05, 0) is 190 Å². The van der Waals surface area contributed by atoms with Gasteiger partial charge in [-0.2, -0.15) is 0 Å². The number of ether oxygens (including phenoxy) is 2. The molecule has 1 amide bonds. The van der Waals surface area contributed by atoms with Gasteiger partial charge in [0.2, 0.25) is 0 Å². The number of nitrogens with one attached hydrogen (secondary N) is 1. The van der Waals surface area contributed by atoms with Crippen LogP contribution in [-0.2, 0) is 0 Å². The van der Waals surface area contributed by atoms with E-state index in [4.69, 9.17) is 13.9 Å². The van der Waals surface area contributed by atoms with Gasteiger partial charge in [-0.15, -0.1) is 0 Å². The summed E-state index contributed by atoms with van der Waals surface area (Å²) in [6.07, 6.45) is 19.1. The molecule has 2 aliphatic heterocycles. The summed E-state index contributed by atoms with van der Waals surface area (Å²) in [6.45, 7) is 10.5. The normalized spacial score (nSPS) is 19.9. The molecule has 73 heavy (non-hydrogen) atoms. The second kappa shape index (κ2) is 24.6. The van der Waals surface area contributed by atoms with Crippen LogP contribution >= 0.6 is 0 Å². The molecule has 5 aliphatic rings. The van der Waals surface area contributed by atoms with Crippen LogP contribution in [0, 0.1) is 23.7 Å². The van der Waals surface area contributed by atoms with E-state index >= 15 is 0 Å². The van der Waals surface area contributed by atoms with Crippen molar-refractivity contribution in [3.05, 3.63) is 141 Å². The highest BCUT2D eigenvalue weighted by atomic mass is 16.5. The molecular weight excluding hydrogens is 913 g/mol. The zero-order valence-corrected chi connectivity index (χ0v) is 43.0. The van der Waals surface area contributed by atoms with Gasteiger partial charge in [-0.3, -0.25) is 9.59 Å². The topological polar surface area (TPSA) is 139 Å². The maximum Gasteiger partial charge on any atom is 0.336 e. The van der Waals surface area contributed by atoms with Crippen LogP contribution in [0.25, 0.3) is 39.0 Å². The van der Waals surface area contributed by atoms with E-state index in [2.05, 4.69) is 72.6 Å². The number of benzene rings is 5. The second-order valence-corrected chi connectivity index (χ2v) is 21.3. The molecule has 10 nitrogen and oxygen atoms in total. The lowest BCUT2D eigenvalue weighted by atomic mass is 9.61. The Bertz CT molecular complexity index is 2870. The fourth-order valence-electron chi connectivity index (χ4n) is 12.3. The Hall–Kier alpha value is -6.39. The standard InChI is InChI=1S/C63H74N2O8/c1-42-35-44-37-43(2)59(48(36-42)38-44)60(46-17-24-52(25-18-46)72-34-14-8-6-12-32-65-30-10-4-5-11-31-65)45-15-22-51(23-16-45)71-33-13-7-3-9-29-64-62(68)47-19-26-53(56(39-47)63(69)70)61-54-27-20-49(66)40-57(54)73-58-41-50(67)21-28-55(58)61/h15-28,39-44,48,66H,3-14,29-38H2,1-2H3,(H,64,68)(H,69,70)/b60-59+. The van der Waals surface area contributed by atoms with Crippen molar-refractivity contribution in [1.82, 2.24) is 10.2 Å². The molecule has 0 aromatic heterocycles. The van der Waals surface area contributed by atoms with E-state index in [-0.39, 0.29) is 34.0 Å². The number of nitrogens with zero attached hydrogens (tertiary/aromatic N) is 1. The minimum absolute atomic E-state index is 0.0319. The molecule has 0 radical (unpaired) electrons. The number of carbonyl (C=O) groups is 2. The van der Waals surface area contributed by atoms with Crippen LogP contribution in [0.2, 0.25) is 0 Å². The zero-order valence-electron chi connectivity index (χ0n) is 43.0. The number of phenols is 1. The first-order chi connectivity index (χ1) is 35.6. The highest BCUT2D eigenvalue weighted by molar-refractivity contribution is 6.09. The maximum absolute atomic E-state index is 13.3. The van der Waals surface area contributed by atoms with Gasteiger partial charge in [0.15, 0.2) is 5.43 Å². The predicted octanol–water partition coefficient (Wildman–Crippen LogP) is 14.0. The number of allylic oxidation sites excluding steroid dienone is 1. The molecule has 2 heterocycles. The Balaban J connectivity index is 0.756. The van der Waals surface area contributed by atoms with Crippen LogP contribution in [0.3, 0.4) is 0 Å². The Morgan fingerprint density at radius 2 is 1.32 bits per heavy atom. The molecule has 3 N–H and O–H groups in total. The minimum Gasteiger partial charge on any atom is -0.508 e.